The molecule has 0 radical (unpaired) electrons. The third-order valence-electron chi connectivity index (χ3n) is 5.27. The van der Waals surface area contributed by atoms with E-state index in [1.807, 2.05) is 71.7 Å². The fourth-order valence-electron chi connectivity index (χ4n) is 3.68. The normalized spacial score (nSPS) is 10.9. The zero-order valence-corrected chi connectivity index (χ0v) is 18.0. The molecule has 0 spiro atoms. The Morgan fingerprint density at radius 1 is 0.879 bits per heavy atom. The predicted molar refractivity (Wildman–Crippen MR) is 124 cm³/mol. The highest BCUT2D eigenvalue weighted by Crippen LogP contribution is 2.22. The van der Waals surface area contributed by atoms with Crippen molar-refractivity contribution in [2.24, 2.45) is 0 Å². The van der Waals surface area contributed by atoms with E-state index in [-0.39, 0.29) is 11.7 Å². The van der Waals surface area contributed by atoms with Crippen LogP contribution in [-0.4, -0.2) is 25.5 Å². The number of rotatable bonds is 8. The quantitative estimate of drug-likeness (QED) is 0.391. The predicted octanol–water partition coefficient (Wildman–Crippen LogP) is 4.37. The average Bonchev–Trinajstić information content (AvgIpc) is 3.61. The number of carbonyl (C=O) groups is 1. The van der Waals surface area contributed by atoms with Crippen LogP contribution >= 0.6 is 0 Å². The highest BCUT2D eigenvalue weighted by molar-refractivity contribution is 5.91. The van der Waals surface area contributed by atoms with Crippen LogP contribution in [0.4, 0.5) is 0 Å². The number of nitrogens with one attached hydrogen (secondary N) is 1. The lowest BCUT2D eigenvalue weighted by molar-refractivity contribution is 0.0921. The van der Waals surface area contributed by atoms with Gasteiger partial charge in [-0.2, -0.15) is 10.2 Å². The molecule has 1 amide bonds. The van der Waals surface area contributed by atoms with E-state index in [1.54, 1.807) is 23.0 Å². The molecule has 3 heterocycles. The third kappa shape index (κ3) is 4.93. The summed E-state index contributed by atoms with van der Waals surface area (Å²) in [6.07, 6.45) is 5.54. The lowest BCUT2D eigenvalue weighted by atomic mass is 10.1. The summed E-state index contributed by atoms with van der Waals surface area (Å²) in [4.78, 5) is 12.7. The fraction of sp³-hybridized carbons (Fsp3) is 0.115. The molecule has 0 aliphatic rings. The van der Waals surface area contributed by atoms with Gasteiger partial charge in [-0.25, -0.2) is 0 Å². The Morgan fingerprint density at radius 3 is 2.42 bits per heavy atom. The van der Waals surface area contributed by atoms with Gasteiger partial charge in [0.2, 0.25) is 0 Å². The van der Waals surface area contributed by atoms with Crippen molar-refractivity contribution in [3.63, 3.8) is 0 Å². The first-order valence-electron chi connectivity index (χ1n) is 10.7. The lowest BCUT2D eigenvalue weighted by Gasteiger charge is -2.04. The maximum absolute atomic E-state index is 12.7. The van der Waals surface area contributed by atoms with Crippen LogP contribution in [0, 0.1) is 0 Å². The van der Waals surface area contributed by atoms with E-state index < -0.39 is 0 Å². The summed E-state index contributed by atoms with van der Waals surface area (Å²) in [5.74, 6) is 0.677. The first kappa shape index (κ1) is 20.5. The lowest BCUT2D eigenvalue weighted by Crippen LogP contribution is -2.22. The highest BCUT2D eigenvalue weighted by Gasteiger charge is 2.15. The minimum atomic E-state index is -0.267. The Morgan fingerprint density at radius 2 is 1.67 bits per heavy atom. The second-order valence-corrected chi connectivity index (χ2v) is 7.70. The minimum absolute atomic E-state index is 0.267. The Kier molecular flexibility index (Phi) is 5.84. The molecule has 1 N–H and O–H groups in total. The van der Waals surface area contributed by atoms with Crippen molar-refractivity contribution >= 4 is 5.91 Å². The minimum Gasteiger partial charge on any atom is -0.454 e. The first-order valence-corrected chi connectivity index (χ1v) is 10.7. The molecular formula is C26H23N5O2. The van der Waals surface area contributed by atoms with E-state index in [1.165, 1.54) is 0 Å². The molecule has 0 aliphatic heterocycles. The van der Waals surface area contributed by atoms with Crippen molar-refractivity contribution in [3.8, 4) is 11.3 Å². The van der Waals surface area contributed by atoms with Crippen LogP contribution in [0.25, 0.3) is 11.3 Å². The second kappa shape index (κ2) is 9.40. The molecule has 5 rings (SSSR count). The van der Waals surface area contributed by atoms with Crippen molar-refractivity contribution in [2.45, 2.75) is 19.6 Å². The van der Waals surface area contributed by atoms with Gasteiger partial charge in [0.15, 0.2) is 5.76 Å². The van der Waals surface area contributed by atoms with Gasteiger partial charge < -0.3 is 9.73 Å². The molecule has 0 fully saturated rings. The van der Waals surface area contributed by atoms with E-state index in [0.29, 0.717) is 25.4 Å². The van der Waals surface area contributed by atoms with Gasteiger partial charge in [0.05, 0.1) is 18.8 Å². The van der Waals surface area contributed by atoms with E-state index >= 15 is 0 Å². The summed E-state index contributed by atoms with van der Waals surface area (Å²) in [7, 11) is 0. The van der Waals surface area contributed by atoms with E-state index in [2.05, 4.69) is 22.5 Å². The van der Waals surface area contributed by atoms with Crippen LogP contribution in [0.2, 0.25) is 0 Å². The molecule has 164 valence electrons. The van der Waals surface area contributed by atoms with Crippen molar-refractivity contribution in [2.75, 3.05) is 0 Å². The monoisotopic (exact) mass is 437 g/mol. The standard InChI is InChI=1S/C26H23N5O2/c32-26(24-13-12-23(33-24)19-30-15-7-14-28-30)27-16-22-18-31(17-20-8-3-1-4-9-20)29-25(22)21-10-5-2-6-11-21/h1-15,18H,16-17,19H2,(H,27,32). The molecule has 3 aromatic heterocycles. The summed E-state index contributed by atoms with van der Waals surface area (Å²) in [6, 6.07) is 25.5. The van der Waals surface area contributed by atoms with Gasteiger partial charge >= 0.3 is 0 Å². The number of amides is 1. The van der Waals surface area contributed by atoms with Crippen LogP contribution in [0.15, 0.2) is 102 Å². The summed E-state index contributed by atoms with van der Waals surface area (Å²) in [5, 5.41) is 11.9. The fourth-order valence-corrected chi connectivity index (χ4v) is 3.68. The topological polar surface area (TPSA) is 77.9 Å². The number of aromatic nitrogens is 4. The number of furan rings is 1. The van der Waals surface area contributed by atoms with Gasteiger partial charge in [0.1, 0.15) is 5.76 Å². The highest BCUT2D eigenvalue weighted by atomic mass is 16.4. The number of nitrogens with zero attached hydrogens (tertiary/aromatic N) is 4. The second-order valence-electron chi connectivity index (χ2n) is 7.70. The van der Waals surface area contributed by atoms with Gasteiger partial charge in [-0.15, -0.1) is 0 Å². The largest absolute Gasteiger partial charge is 0.454 e. The molecule has 33 heavy (non-hydrogen) atoms. The molecule has 7 nitrogen and oxygen atoms in total. The SMILES string of the molecule is O=C(NCc1cn(Cc2ccccc2)nc1-c1ccccc1)c1ccc(Cn2cccn2)o1. The number of benzene rings is 2. The van der Waals surface area contributed by atoms with Gasteiger partial charge in [-0.05, 0) is 23.8 Å². The van der Waals surface area contributed by atoms with E-state index in [0.717, 1.165) is 22.4 Å². The maximum Gasteiger partial charge on any atom is 0.287 e. The summed E-state index contributed by atoms with van der Waals surface area (Å²) >= 11 is 0. The molecule has 0 atom stereocenters. The zero-order valence-electron chi connectivity index (χ0n) is 18.0. The van der Waals surface area contributed by atoms with Crippen molar-refractivity contribution in [3.05, 3.63) is 120 Å². The molecule has 7 heteroatoms. The molecule has 0 saturated heterocycles. The van der Waals surface area contributed by atoms with E-state index in [4.69, 9.17) is 9.52 Å². The number of carbonyl (C=O) groups excluding carboxylic acids is 1. The Balaban J connectivity index is 1.32. The first-order chi connectivity index (χ1) is 16.2. The molecule has 0 unspecified atom stereocenters. The van der Waals surface area contributed by atoms with Gasteiger partial charge in [-0.3, -0.25) is 14.2 Å². The van der Waals surface area contributed by atoms with Gasteiger partial charge in [0, 0.05) is 36.3 Å². The third-order valence-corrected chi connectivity index (χ3v) is 5.27. The Hall–Kier alpha value is -4.39. The zero-order chi connectivity index (χ0) is 22.5. The Bertz CT molecular complexity index is 1320. The van der Waals surface area contributed by atoms with Crippen molar-refractivity contribution in [1.82, 2.24) is 24.9 Å². The smallest absolute Gasteiger partial charge is 0.287 e. The van der Waals surface area contributed by atoms with Crippen LogP contribution in [-0.2, 0) is 19.6 Å². The molecule has 0 aliphatic carbocycles. The molecule has 5 aromatic rings. The van der Waals surface area contributed by atoms with Gasteiger partial charge in [0.25, 0.3) is 5.91 Å². The summed E-state index contributed by atoms with van der Waals surface area (Å²) in [6.45, 7) is 1.47. The molecular weight excluding hydrogens is 414 g/mol. The molecule has 0 bridgehead atoms. The van der Waals surface area contributed by atoms with Crippen LogP contribution in [0.5, 0.6) is 0 Å². The Labute approximate surface area is 191 Å². The number of hydrogen-bond acceptors (Lipinski definition) is 4. The average molecular weight is 438 g/mol. The van der Waals surface area contributed by atoms with Crippen LogP contribution in [0.3, 0.4) is 0 Å². The van der Waals surface area contributed by atoms with Crippen molar-refractivity contribution < 1.29 is 9.21 Å². The molecule has 2 aromatic carbocycles. The van der Waals surface area contributed by atoms with Crippen LogP contribution in [0.1, 0.15) is 27.4 Å². The maximum atomic E-state index is 12.7. The molecule has 0 saturated carbocycles. The summed E-state index contributed by atoms with van der Waals surface area (Å²) in [5.41, 5.74) is 3.96. The van der Waals surface area contributed by atoms with Crippen LogP contribution < -0.4 is 5.32 Å². The number of hydrogen-bond donors (Lipinski definition) is 1. The van der Waals surface area contributed by atoms with Gasteiger partial charge in [-0.1, -0.05) is 60.7 Å². The van der Waals surface area contributed by atoms with E-state index in [9.17, 15) is 4.79 Å². The summed E-state index contributed by atoms with van der Waals surface area (Å²) < 4.78 is 9.37. The van der Waals surface area contributed by atoms with Crippen molar-refractivity contribution in [1.29, 1.82) is 0 Å².